The molecule has 0 aliphatic rings. The monoisotopic (exact) mass is 145 g/mol. The van der Waals surface area contributed by atoms with Crippen molar-refractivity contribution in [2.24, 2.45) is 0 Å². The lowest BCUT2D eigenvalue weighted by molar-refractivity contribution is 0.386. The highest BCUT2D eigenvalue weighted by atomic mass is 15.3. The van der Waals surface area contributed by atoms with Gasteiger partial charge >= 0.3 is 0 Å². The fourth-order valence-electron chi connectivity index (χ4n) is 0.769. The lowest BCUT2D eigenvalue weighted by atomic mass is 10.5. The Morgan fingerprint density at radius 3 is 2.30 bits per heavy atom. The highest BCUT2D eigenvalue weighted by molar-refractivity contribution is 4.56. The van der Waals surface area contributed by atoms with Gasteiger partial charge in [0.1, 0.15) is 6.29 Å². The molecule has 3 N–H and O–H groups in total. The van der Waals surface area contributed by atoms with Gasteiger partial charge in [0.2, 0.25) is 0 Å². The molecule has 0 bridgehead atoms. The van der Waals surface area contributed by atoms with Crippen LogP contribution in [0, 0.1) is 0 Å². The van der Waals surface area contributed by atoms with Crippen molar-refractivity contribution in [2.75, 3.05) is 20.1 Å². The minimum atomic E-state index is 0.268. The zero-order valence-electron chi connectivity index (χ0n) is 7.20. The van der Waals surface area contributed by atoms with E-state index < -0.39 is 0 Å². The van der Waals surface area contributed by atoms with Gasteiger partial charge in [0, 0.05) is 0 Å². The first-order chi connectivity index (χ1) is 4.85. The highest BCUT2D eigenvalue weighted by Gasteiger charge is 1.98. The lowest BCUT2D eigenvalue weighted by Crippen LogP contribution is -2.51. The molecule has 0 aromatic carbocycles. The van der Waals surface area contributed by atoms with E-state index in [2.05, 4.69) is 29.8 Å². The summed E-state index contributed by atoms with van der Waals surface area (Å²) in [5, 5.41) is 9.66. The third-order valence-electron chi connectivity index (χ3n) is 1.30. The van der Waals surface area contributed by atoms with Crippen molar-refractivity contribution < 1.29 is 0 Å². The third kappa shape index (κ3) is 4.73. The van der Waals surface area contributed by atoms with Crippen molar-refractivity contribution >= 4 is 0 Å². The summed E-state index contributed by atoms with van der Waals surface area (Å²) in [5.74, 6) is 0. The maximum Gasteiger partial charge on any atom is 0.111 e. The molecular weight excluding hydrogens is 126 g/mol. The van der Waals surface area contributed by atoms with Crippen molar-refractivity contribution in [2.45, 2.75) is 26.6 Å². The Kier molecular flexibility index (Phi) is 6.91. The number of hydrogen-bond donors (Lipinski definition) is 3. The maximum absolute atomic E-state index is 3.30. The SMILES string of the molecule is CCCNC(NC)NCC. The zero-order chi connectivity index (χ0) is 7.82. The Balaban J connectivity index is 3.21. The molecule has 0 saturated heterocycles. The zero-order valence-corrected chi connectivity index (χ0v) is 7.20. The van der Waals surface area contributed by atoms with E-state index in [9.17, 15) is 0 Å². The van der Waals surface area contributed by atoms with Crippen LogP contribution in [0.1, 0.15) is 20.3 Å². The summed E-state index contributed by atoms with van der Waals surface area (Å²) in [6, 6.07) is 0. The van der Waals surface area contributed by atoms with E-state index in [1.165, 1.54) is 6.42 Å². The van der Waals surface area contributed by atoms with E-state index in [0.29, 0.717) is 0 Å². The minimum absolute atomic E-state index is 0.268. The van der Waals surface area contributed by atoms with E-state index in [-0.39, 0.29) is 6.29 Å². The van der Waals surface area contributed by atoms with Crippen LogP contribution >= 0.6 is 0 Å². The largest absolute Gasteiger partial charge is 0.293 e. The van der Waals surface area contributed by atoms with Gasteiger partial charge in [0.05, 0.1) is 0 Å². The fraction of sp³-hybridized carbons (Fsp3) is 1.00. The van der Waals surface area contributed by atoms with Crippen molar-refractivity contribution in [1.29, 1.82) is 0 Å². The van der Waals surface area contributed by atoms with Gasteiger partial charge in [-0.15, -0.1) is 0 Å². The molecule has 0 aliphatic heterocycles. The Morgan fingerprint density at radius 2 is 1.90 bits per heavy atom. The first-order valence-electron chi connectivity index (χ1n) is 3.99. The molecule has 0 saturated carbocycles. The van der Waals surface area contributed by atoms with Gasteiger partial charge in [-0.1, -0.05) is 13.8 Å². The molecule has 0 aliphatic carbocycles. The molecule has 0 radical (unpaired) electrons. The van der Waals surface area contributed by atoms with Crippen molar-refractivity contribution in [3.63, 3.8) is 0 Å². The average molecular weight is 145 g/mol. The second-order valence-corrected chi connectivity index (χ2v) is 2.23. The van der Waals surface area contributed by atoms with Crippen LogP contribution < -0.4 is 16.0 Å². The summed E-state index contributed by atoms with van der Waals surface area (Å²) < 4.78 is 0. The van der Waals surface area contributed by atoms with Gasteiger partial charge in [0.15, 0.2) is 0 Å². The molecule has 1 unspecified atom stereocenters. The van der Waals surface area contributed by atoms with Crippen LogP contribution in [-0.4, -0.2) is 26.4 Å². The minimum Gasteiger partial charge on any atom is -0.293 e. The first kappa shape index (κ1) is 9.88. The standard InChI is InChI=1S/C7H19N3/c1-4-6-10-7(8-3)9-5-2/h7-10H,4-6H2,1-3H3. The van der Waals surface area contributed by atoms with E-state index in [1.54, 1.807) is 0 Å². The van der Waals surface area contributed by atoms with Crippen molar-refractivity contribution in [3.05, 3.63) is 0 Å². The smallest absolute Gasteiger partial charge is 0.111 e. The Hall–Kier alpha value is -0.120. The first-order valence-corrected chi connectivity index (χ1v) is 3.99. The molecule has 0 amide bonds. The van der Waals surface area contributed by atoms with Crippen LogP contribution in [0.4, 0.5) is 0 Å². The molecule has 3 heteroatoms. The molecule has 0 heterocycles. The topological polar surface area (TPSA) is 36.1 Å². The quantitative estimate of drug-likeness (QED) is 0.464. The molecule has 1 atom stereocenters. The van der Waals surface area contributed by atoms with Crippen LogP contribution in [0.15, 0.2) is 0 Å². The fourth-order valence-corrected chi connectivity index (χ4v) is 0.769. The Morgan fingerprint density at radius 1 is 1.20 bits per heavy atom. The van der Waals surface area contributed by atoms with Gasteiger partial charge in [-0.2, -0.15) is 0 Å². The van der Waals surface area contributed by atoms with Gasteiger partial charge in [-0.05, 0) is 26.6 Å². The normalized spacial score (nSPS) is 13.5. The summed E-state index contributed by atoms with van der Waals surface area (Å²) in [5.41, 5.74) is 0. The second kappa shape index (κ2) is 6.99. The molecule has 0 fully saturated rings. The van der Waals surface area contributed by atoms with Crippen LogP contribution in [0.5, 0.6) is 0 Å². The summed E-state index contributed by atoms with van der Waals surface area (Å²) in [6.45, 7) is 6.30. The predicted molar refractivity (Wildman–Crippen MR) is 44.8 cm³/mol. The second-order valence-electron chi connectivity index (χ2n) is 2.23. The van der Waals surface area contributed by atoms with E-state index in [0.717, 1.165) is 13.1 Å². The molecule has 0 rings (SSSR count). The molecule has 0 spiro atoms. The summed E-state index contributed by atoms with van der Waals surface area (Å²) in [4.78, 5) is 0. The summed E-state index contributed by atoms with van der Waals surface area (Å²) >= 11 is 0. The summed E-state index contributed by atoms with van der Waals surface area (Å²) in [6.07, 6.45) is 1.44. The van der Waals surface area contributed by atoms with E-state index in [4.69, 9.17) is 0 Å². The number of hydrogen-bond acceptors (Lipinski definition) is 3. The van der Waals surface area contributed by atoms with Gasteiger partial charge in [-0.25, -0.2) is 0 Å². The van der Waals surface area contributed by atoms with Crippen LogP contribution in [-0.2, 0) is 0 Å². The van der Waals surface area contributed by atoms with Crippen LogP contribution in [0.25, 0.3) is 0 Å². The molecule has 3 nitrogen and oxygen atoms in total. The molecular formula is C7H19N3. The third-order valence-corrected chi connectivity index (χ3v) is 1.30. The summed E-state index contributed by atoms with van der Waals surface area (Å²) in [7, 11) is 1.94. The van der Waals surface area contributed by atoms with Gasteiger partial charge in [0.25, 0.3) is 0 Å². The number of nitrogens with one attached hydrogen (secondary N) is 3. The molecule has 0 aromatic rings. The van der Waals surface area contributed by atoms with Crippen LogP contribution in [0.2, 0.25) is 0 Å². The molecule has 62 valence electrons. The molecule has 10 heavy (non-hydrogen) atoms. The Bertz CT molecular complexity index is 65.9. The highest BCUT2D eigenvalue weighted by Crippen LogP contribution is 1.72. The maximum atomic E-state index is 3.30. The lowest BCUT2D eigenvalue weighted by Gasteiger charge is -2.17. The van der Waals surface area contributed by atoms with Crippen molar-refractivity contribution in [1.82, 2.24) is 16.0 Å². The van der Waals surface area contributed by atoms with Crippen molar-refractivity contribution in [3.8, 4) is 0 Å². The van der Waals surface area contributed by atoms with Crippen LogP contribution in [0.3, 0.4) is 0 Å². The van der Waals surface area contributed by atoms with E-state index in [1.807, 2.05) is 7.05 Å². The average Bonchev–Trinajstić information content (AvgIpc) is 1.98. The van der Waals surface area contributed by atoms with Gasteiger partial charge < -0.3 is 0 Å². The number of rotatable bonds is 6. The van der Waals surface area contributed by atoms with E-state index >= 15 is 0 Å². The Labute approximate surface area is 63.6 Å². The predicted octanol–water partition coefficient (Wildman–Crippen LogP) is 0.0985. The molecule has 0 aromatic heterocycles. The van der Waals surface area contributed by atoms with Gasteiger partial charge in [-0.3, -0.25) is 16.0 Å².